The number of anilines is 1. The highest BCUT2D eigenvalue weighted by molar-refractivity contribution is 5.95. The normalized spacial score (nSPS) is 17.3. The van der Waals surface area contributed by atoms with Crippen LogP contribution in [0.15, 0.2) is 54.6 Å². The Morgan fingerprint density at radius 1 is 1.15 bits per heavy atom. The molecule has 0 aromatic heterocycles. The van der Waals surface area contributed by atoms with Crippen molar-refractivity contribution in [3.05, 3.63) is 65.7 Å². The third kappa shape index (κ3) is 5.41. The van der Waals surface area contributed by atoms with Crippen molar-refractivity contribution < 1.29 is 14.3 Å². The summed E-state index contributed by atoms with van der Waals surface area (Å²) < 4.78 is 5.02. The molecule has 1 aliphatic rings. The molecule has 1 aliphatic heterocycles. The van der Waals surface area contributed by atoms with E-state index in [4.69, 9.17) is 4.74 Å². The van der Waals surface area contributed by atoms with Crippen LogP contribution in [0.25, 0.3) is 0 Å². The van der Waals surface area contributed by atoms with Crippen LogP contribution in [-0.2, 0) is 16.1 Å². The Morgan fingerprint density at radius 3 is 2.74 bits per heavy atom. The molecule has 1 heterocycles. The molecule has 5 nitrogen and oxygen atoms in total. The number of nitrogens with zero attached hydrogens (tertiary/aromatic N) is 1. The summed E-state index contributed by atoms with van der Waals surface area (Å²) in [6.07, 6.45) is 1.89. The van der Waals surface area contributed by atoms with Crippen LogP contribution in [0.4, 0.5) is 5.69 Å². The highest BCUT2D eigenvalue weighted by atomic mass is 16.5. The van der Waals surface area contributed by atoms with Gasteiger partial charge in [0.05, 0.1) is 18.1 Å². The minimum absolute atomic E-state index is 0.00812. The van der Waals surface area contributed by atoms with Gasteiger partial charge in [0.25, 0.3) is 0 Å². The Labute approximate surface area is 160 Å². The maximum Gasteiger partial charge on any atom is 0.338 e. The van der Waals surface area contributed by atoms with Gasteiger partial charge in [-0.2, -0.15) is 0 Å². The topological polar surface area (TPSA) is 58.6 Å². The molecule has 1 atom stereocenters. The number of ether oxygens (including phenoxy) is 1. The largest absolute Gasteiger partial charge is 0.462 e. The lowest BCUT2D eigenvalue weighted by molar-refractivity contribution is -0.121. The number of piperidine rings is 1. The second-order valence-corrected chi connectivity index (χ2v) is 6.85. The van der Waals surface area contributed by atoms with Crippen molar-refractivity contribution in [1.82, 2.24) is 4.90 Å². The first-order valence-electron chi connectivity index (χ1n) is 9.50. The van der Waals surface area contributed by atoms with E-state index in [1.807, 2.05) is 18.2 Å². The fourth-order valence-corrected chi connectivity index (χ4v) is 3.44. The molecular formula is C22H26N2O3. The van der Waals surface area contributed by atoms with Gasteiger partial charge in [-0.25, -0.2) is 4.79 Å². The molecule has 0 saturated carbocycles. The van der Waals surface area contributed by atoms with E-state index in [1.54, 1.807) is 31.2 Å². The van der Waals surface area contributed by atoms with Crippen LogP contribution in [0, 0.1) is 5.92 Å². The third-order valence-corrected chi connectivity index (χ3v) is 4.77. The molecule has 27 heavy (non-hydrogen) atoms. The lowest BCUT2D eigenvalue weighted by atomic mass is 9.96. The fraction of sp³-hybridized carbons (Fsp3) is 0.364. The maximum absolute atomic E-state index is 12.7. The van der Waals surface area contributed by atoms with Crippen LogP contribution in [0.5, 0.6) is 0 Å². The maximum atomic E-state index is 12.7. The average molecular weight is 366 g/mol. The van der Waals surface area contributed by atoms with Crippen LogP contribution in [0.2, 0.25) is 0 Å². The smallest absolute Gasteiger partial charge is 0.338 e. The quantitative estimate of drug-likeness (QED) is 0.792. The van der Waals surface area contributed by atoms with E-state index < -0.39 is 0 Å². The number of hydrogen-bond donors (Lipinski definition) is 1. The Kier molecular flexibility index (Phi) is 6.60. The molecule has 0 bridgehead atoms. The van der Waals surface area contributed by atoms with Gasteiger partial charge in [0.15, 0.2) is 0 Å². The van der Waals surface area contributed by atoms with E-state index in [1.165, 1.54) is 5.56 Å². The first-order valence-corrected chi connectivity index (χ1v) is 9.50. The van der Waals surface area contributed by atoms with Crippen molar-refractivity contribution in [3.8, 4) is 0 Å². The van der Waals surface area contributed by atoms with Gasteiger partial charge in [-0.3, -0.25) is 9.69 Å². The molecule has 1 fully saturated rings. The first-order chi connectivity index (χ1) is 13.2. The monoisotopic (exact) mass is 366 g/mol. The number of likely N-dealkylation sites (tertiary alicyclic amines) is 1. The van der Waals surface area contributed by atoms with Crippen molar-refractivity contribution >= 4 is 17.6 Å². The number of nitrogens with one attached hydrogen (secondary N) is 1. The van der Waals surface area contributed by atoms with E-state index in [9.17, 15) is 9.59 Å². The number of hydrogen-bond acceptors (Lipinski definition) is 4. The molecule has 142 valence electrons. The minimum Gasteiger partial charge on any atom is -0.462 e. The van der Waals surface area contributed by atoms with E-state index in [-0.39, 0.29) is 17.8 Å². The summed E-state index contributed by atoms with van der Waals surface area (Å²) in [5.74, 6) is -0.414. The summed E-state index contributed by atoms with van der Waals surface area (Å²) >= 11 is 0. The summed E-state index contributed by atoms with van der Waals surface area (Å²) in [4.78, 5) is 26.9. The first kappa shape index (κ1) is 19.1. The van der Waals surface area contributed by atoms with Crippen LogP contribution in [0.3, 0.4) is 0 Å². The van der Waals surface area contributed by atoms with E-state index >= 15 is 0 Å². The highest BCUT2D eigenvalue weighted by Crippen LogP contribution is 2.21. The number of carbonyl (C=O) groups excluding carboxylic acids is 2. The minimum atomic E-state index is -0.375. The Morgan fingerprint density at radius 2 is 1.96 bits per heavy atom. The summed E-state index contributed by atoms with van der Waals surface area (Å²) in [6, 6.07) is 17.2. The molecule has 0 spiro atoms. The number of amides is 1. The van der Waals surface area contributed by atoms with Gasteiger partial charge in [-0.05, 0) is 50.1 Å². The van der Waals surface area contributed by atoms with E-state index in [0.717, 1.165) is 32.5 Å². The van der Waals surface area contributed by atoms with Crippen molar-refractivity contribution in [2.45, 2.75) is 26.3 Å². The highest BCUT2D eigenvalue weighted by Gasteiger charge is 2.26. The summed E-state index contributed by atoms with van der Waals surface area (Å²) in [5.41, 5.74) is 2.34. The summed E-state index contributed by atoms with van der Waals surface area (Å²) in [5, 5.41) is 2.96. The molecule has 3 rings (SSSR count). The predicted molar refractivity (Wildman–Crippen MR) is 105 cm³/mol. The van der Waals surface area contributed by atoms with Crippen LogP contribution >= 0.6 is 0 Å². The molecule has 0 aliphatic carbocycles. The van der Waals surface area contributed by atoms with Crippen molar-refractivity contribution in [2.24, 2.45) is 5.92 Å². The van der Waals surface area contributed by atoms with Crippen molar-refractivity contribution in [3.63, 3.8) is 0 Å². The van der Waals surface area contributed by atoms with E-state index in [0.29, 0.717) is 17.9 Å². The molecule has 1 amide bonds. The molecular weight excluding hydrogens is 340 g/mol. The summed E-state index contributed by atoms with van der Waals surface area (Å²) in [7, 11) is 0. The second-order valence-electron chi connectivity index (χ2n) is 6.85. The molecule has 1 saturated heterocycles. The van der Waals surface area contributed by atoms with Gasteiger partial charge in [0.1, 0.15) is 0 Å². The molecule has 5 heteroatoms. The van der Waals surface area contributed by atoms with Crippen LogP contribution in [0.1, 0.15) is 35.7 Å². The standard InChI is InChI=1S/C22H26N2O3/c1-2-27-22(26)18-10-6-12-20(14-18)23-21(25)19-11-7-13-24(16-19)15-17-8-4-3-5-9-17/h3-6,8-10,12,14,19H,2,7,11,13,15-16H2,1H3,(H,23,25). The van der Waals surface area contributed by atoms with Gasteiger partial charge in [0, 0.05) is 18.8 Å². The number of benzene rings is 2. The zero-order valence-corrected chi connectivity index (χ0v) is 15.7. The number of rotatable bonds is 6. The van der Waals surface area contributed by atoms with Gasteiger partial charge in [-0.1, -0.05) is 36.4 Å². The zero-order valence-electron chi connectivity index (χ0n) is 15.7. The Bertz CT molecular complexity index is 776. The Hall–Kier alpha value is -2.66. The number of carbonyl (C=O) groups is 2. The molecule has 2 aromatic rings. The van der Waals surface area contributed by atoms with Gasteiger partial charge < -0.3 is 10.1 Å². The average Bonchev–Trinajstić information content (AvgIpc) is 2.69. The molecule has 1 N–H and O–H groups in total. The lowest BCUT2D eigenvalue weighted by Crippen LogP contribution is -2.40. The second kappa shape index (κ2) is 9.33. The van der Waals surface area contributed by atoms with Crippen molar-refractivity contribution in [1.29, 1.82) is 0 Å². The zero-order chi connectivity index (χ0) is 19.1. The van der Waals surface area contributed by atoms with Crippen molar-refractivity contribution in [2.75, 3.05) is 25.0 Å². The van der Waals surface area contributed by atoms with E-state index in [2.05, 4.69) is 22.3 Å². The SMILES string of the molecule is CCOC(=O)c1cccc(NC(=O)C2CCCN(Cc3ccccc3)C2)c1. The van der Waals surface area contributed by atoms with Crippen LogP contribution in [-0.4, -0.2) is 36.5 Å². The fourth-order valence-electron chi connectivity index (χ4n) is 3.44. The predicted octanol–water partition coefficient (Wildman–Crippen LogP) is 3.71. The lowest BCUT2D eigenvalue weighted by Gasteiger charge is -2.32. The molecule has 2 aromatic carbocycles. The Balaban J connectivity index is 1.59. The van der Waals surface area contributed by atoms with Gasteiger partial charge >= 0.3 is 5.97 Å². The van der Waals surface area contributed by atoms with Crippen LogP contribution < -0.4 is 5.32 Å². The molecule has 0 radical (unpaired) electrons. The van der Waals surface area contributed by atoms with Gasteiger partial charge in [0.2, 0.25) is 5.91 Å². The summed E-state index contributed by atoms with van der Waals surface area (Å²) in [6.45, 7) is 4.72. The van der Waals surface area contributed by atoms with Gasteiger partial charge in [-0.15, -0.1) is 0 Å². The number of esters is 1. The third-order valence-electron chi connectivity index (χ3n) is 4.77. The molecule has 1 unspecified atom stereocenters.